The Kier molecular flexibility index (Phi) is 23.8. The average molecular weight is 1080 g/mol. The minimum absolute atomic E-state index is 0.00745. The third kappa shape index (κ3) is 16.1. The van der Waals surface area contributed by atoms with Crippen LogP contribution >= 0.6 is 11.8 Å². The monoisotopic (exact) mass is 1080 g/mol. The van der Waals surface area contributed by atoms with E-state index in [0.29, 0.717) is 38.0 Å². The van der Waals surface area contributed by atoms with Crippen LogP contribution in [0.25, 0.3) is 0 Å². The van der Waals surface area contributed by atoms with Crippen molar-refractivity contribution in [2.24, 2.45) is 17.8 Å². The second kappa shape index (κ2) is 28.1. The first-order chi connectivity index (χ1) is 35.3. The number of aromatic nitrogens is 3. The maximum atomic E-state index is 14.9. The molecular formula is C55H95FN6O12S. The van der Waals surface area contributed by atoms with Crippen LogP contribution in [-0.2, 0) is 50.9 Å². The first kappa shape index (κ1) is 63.4. The summed E-state index contributed by atoms with van der Waals surface area (Å²) in [5.74, 6) is -1.51. The number of aliphatic hydroxyl groups excluding tert-OH is 2. The molecule has 19 atom stereocenters. The van der Waals surface area contributed by atoms with E-state index in [1.807, 2.05) is 71.0 Å². The van der Waals surface area contributed by atoms with Gasteiger partial charge in [-0.2, -0.15) is 11.8 Å². The lowest BCUT2D eigenvalue weighted by molar-refractivity contribution is -0.308. The fourth-order valence-electron chi connectivity index (χ4n) is 11.7. The van der Waals surface area contributed by atoms with Gasteiger partial charge in [-0.25, -0.2) is 9.07 Å². The van der Waals surface area contributed by atoms with E-state index in [1.54, 1.807) is 64.4 Å². The number of aliphatic hydroxyl groups is 4. The zero-order chi connectivity index (χ0) is 55.6. The molecule has 0 radical (unpaired) electrons. The van der Waals surface area contributed by atoms with Crippen molar-refractivity contribution in [3.63, 3.8) is 0 Å². The van der Waals surface area contributed by atoms with Crippen LogP contribution in [0.3, 0.4) is 0 Å². The van der Waals surface area contributed by atoms with Gasteiger partial charge < -0.3 is 68.7 Å². The Labute approximate surface area is 451 Å². The molecule has 1 aromatic carbocycles. The highest BCUT2D eigenvalue weighted by atomic mass is 32.2. The number of carbonyl (C=O) groups is 1. The van der Waals surface area contributed by atoms with Gasteiger partial charge in [0, 0.05) is 89.6 Å². The van der Waals surface area contributed by atoms with Crippen LogP contribution in [0.5, 0.6) is 0 Å². The Hall–Kier alpha value is -2.41. The first-order valence-electron chi connectivity index (χ1n) is 27.2. The van der Waals surface area contributed by atoms with Crippen molar-refractivity contribution in [3.05, 3.63) is 47.3 Å². The van der Waals surface area contributed by atoms with Crippen LogP contribution in [-0.4, -0.2) is 202 Å². The lowest BCUT2D eigenvalue weighted by Crippen LogP contribution is -2.59. The largest absolute Gasteiger partial charge is 0.459 e. The zero-order valence-corrected chi connectivity index (χ0v) is 48.5. The molecule has 1 aromatic heterocycles. The number of hydrogen-bond donors (Lipinski definition) is 5. The van der Waals surface area contributed by atoms with Gasteiger partial charge in [-0.3, -0.25) is 4.79 Å². The number of likely N-dealkylation sites (N-methyl/N-ethyl adjacent to an activating group) is 2. The minimum Gasteiger partial charge on any atom is -0.459 e. The second-order valence-corrected chi connectivity index (χ2v) is 23.8. The number of thioether (sulfide) groups is 1. The van der Waals surface area contributed by atoms with Gasteiger partial charge in [0.15, 0.2) is 12.6 Å². The van der Waals surface area contributed by atoms with Crippen molar-refractivity contribution in [3.8, 4) is 0 Å². The molecular weight excluding hydrogens is 988 g/mol. The lowest BCUT2D eigenvalue weighted by atomic mass is 9.77. The molecule has 0 spiro atoms. The van der Waals surface area contributed by atoms with E-state index in [4.69, 9.17) is 33.2 Å². The predicted molar refractivity (Wildman–Crippen MR) is 287 cm³/mol. The fourth-order valence-corrected chi connectivity index (χ4v) is 12.1. The molecule has 0 unspecified atom stereocenters. The van der Waals surface area contributed by atoms with Crippen molar-refractivity contribution >= 4 is 17.7 Å². The topological polar surface area (TPSA) is 212 Å². The number of benzene rings is 1. The zero-order valence-electron chi connectivity index (χ0n) is 47.7. The SMILES string of the molecule is CC[C@H]1OC(=O)[C@H](C)[C@@H](O[C@H]2C[C@@](C)(OC)[C@@H](O)[C@H](C)O2)[C@H](C)[C@@H](O[C@H]2C[C@@H](N(C)CCc3cn([C@H](CF)[C@H](OC)c4ccc(CNCCSC)cc4)nn3)C[C@@H](C)O2)[C@](C)(O)C[C@@H](C)CN(C)[C@H](C)[C@@H](O)[C@]1(C)O. The highest BCUT2D eigenvalue weighted by Crippen LogP contribution is 2.40. The summed E-state index contributed by atoms with van der Waals surface area (Å²) >= 11 is 1.80. The summed E-state index contributed by atoms with van der Waals surface area (Å²) in [5.41, 5.74) is -1.69. The maximum absolute atomic E-state index is 14.9. The van der Waals surface area contributed by atoms with Crippen LogP contribution < -0.4 is 5.32 Å². The molecule has 0 bridgehead atoms. The van der Waals surface area contributed by atoms with Gasteiger partial charge in [0.05, 0.1) is 47.2 Å². The molecule has 18 nitrogen and oxygen atoms in total. The van der Waals surface area contributed by atoms with E-state index in [1.165, 1.54) is 14.0 Å². The van der Waals surface area contributed by atoms with E-state index in [2.05, 4.69) is 26.8 Å². The summed E-state index contributed by atoms with van der Waals surface area (Å²) in [6.07, 6.45) is -2.35. The Bertz CT molecular complexity index is 2030. The highest BCUT2D eigenvalue weighted by molar-refractivity contribution is 7.98. The number of esters is 1. The first-order valence-corrected chi connectivity index (χ1v) is 28.6. The molecule has 5 rings (SSSR count). The van der Waals surface area contributed by atoms with Gasteiger partial charge in [-0.1, -0.05) is 50.3 Å². The second-order valence-electron chi connectivity index (χ2n) is 22.8. The van der Waals surface area contributed by atoms with E-state index >= 15 is 0 Å². The quantitative estimate of drug-likeness (QED) is 0.0820. The Morgan fingerprint density at radius 2 is 1.68 bits per heavy atom. The number of cyclic esters (lactones) is 1. The molecule has 75 heavy (non-hydrogen) atoms. The van der Waals surface area contributed by atoms with E-state index < -0.39 is 109 Å². The van der Waals surface area contributed by atoms with Gasteiger partial charge in [0.2, 0.25) is 0 Å². The summed E-state index contributed by atoms with van der Waals surface area (Å²) in [7, 11) is 7.01. The molecule has 3 fully saturated rings. The smallest absolute Gasteiger partial charge is 0.311 e. The molecule has 20 heteroatoms. The summed E-state index contributed by atoms with van der Waals surface area (Å²) in [6.45, 7) is 20.0. The molecule has 3 aliphatic heterocycles. The van der Waals surface area contributed by atoms with Crippen LogP contribution in [0, 0.1) is 17.8 Å². The Balaban J connectivity index is 1.39. The molecule has 2 aromatic rings. The molecule has 0 amide bonds. The number of carbonyl (C=O) groups excluding carboxylic acids is 1. The van der Waals surface area contributed by atoms with Crippen molar-refractivity contribution in [1.82, 2.24) is 30.1 Å². The Morgan fingerprint density at radius 3 is 2.31 bits per heavy atom. The number of halogens is 1. The number of nitrogens with one attached hydrogen (secondary N) is 1. The summed E-state index contributed by atoms with van der Waals surface area (Å²) in [4.78, 5) is 18.7. The predicted octanol–water partition coefficient (Wildman–Crippen LogP) is 5.49. The van der Waals surface area contributed by atoms with Gasteiger partial charge in [-0.15, -0.1) is 5.10 Å². The molecule has 5 N–H and O–H groups in total. The van der Waals surface area contributed by atoms with Crippen LogP contribution in [0.15, 0.2) is 30.5 Å². The van der Waals surface area contributed by atoms with Crippen molar-refractivity contribution in [1.29, 1.82) is 0 Å². The number of hydrogen-bond acceptors (Lipinski definition) is 18. The normalized spacial score (nSPS) is 37.9. The van der Waals surface area contributed by atoms with Crippen LogP contribution in [0.4, 0.5) is 4.39 Å². The maximum Gasteiger partial charge on any atom is 0.311 e. The summed E-state index contributed by atoms with van der Waals surface area (Å²) in [5, 5.41) is 59.8. The van der Waals surface area contributed by atoms with Gasteiger partial charge in [0.25, 0.3) is 0 Å². The number of methoxy groups -OCH3 is 2. The van der Waals surface area contributed by atoms with Crippen molar-refractivity contribution in [2.75, 3.05) is 66.6 Å². The third-order valence-electron chi connectivity index (χ3n) is 16.5. The van der Waals surface area contributed by atoms with Crippen molar-refractivity contribution < 1.29 is 62.8 Å². The van der Waals surface area contributed by atoms with E-state index in [9.17, 15) is 29.6 Å². The van der Waals surface area contributed by atoms with E-state index in [-0.39, 0.29) is 37.3 Å². The summed E-state index contributed by atoms with van der Waals surface area (Å²) < 4.78 is 61.0. The number of rotatable bonds is 20. The molecule has 4 heterocycles. The van der Waals surface area contributed by atoms with Gasteiger partial charge in [0.1, 0.15) is 42.7 Å². The number of nitrogens with zero attached hydrogens (tertiary/aromatic N) is 5. The van der Waals surface area contributed by atoms with Crippen LogP contribution in [0.2, 0.25) is 0 Å². The highest BCUT2D eigenvalue weighted by Gasteiger charge is 2.52. The molecule has 430 valence electrons. The fraction of sp³-hybridized carbons (Fsp3) is 0.836. The Morgan fingerprint density at radius 1 is 0.987 bits per heavy atom. The summed E-state index contributed by atoms with van der Waals surface area (Å²) in [6, 6.07) is 6.76. The van der Waals surface area contributed by atoms with Crippen LogP contribution in [0.1, 0.15) is 130 Å². The number of alkyl halides is 1. The van der Waals surface area contributed by atoms with Crippen molar-refractivity contribution in [2.45, 2.75) is 211 Å². The number of ether oxygens (including phenoxy) is 7. The minimum atomic E-state index is -1.82. The van der Waals surface area contributed by atoms with E-state index in [0.717, 1.165) is 30.0 Å². The molecule has 3 aliphatic rings. The molecule has 3 saturated heterocycles. The molecule has 0 saturated carbocycles. The lowest BCUT2D eigenvalue weighted by Gasteiger charge is -2.48. The van der Waals surface area contributed by atoms with Gasteiger partial charge >= 0.3 is 5.97 Å². The van der Waals surface area contributed by atoms with Gasteiger partial charge in [-0.05, 0) is 105 Å². The molecule has 0 aliphatic carbocycles. The third-order valence-corrected chi connectivity index (χ3v) is 17.1. The standard InChI is InChI=1S/C55H95FN6O12S/c1-16-44-55(10,67)49(63)37(6)61(12)31-33(2)27-53(8,66)51(35(4)47(36(5)52(65)72-44)73-46-28-54(9,69-14)50(64)38(7)71-46)74-45-26-42(25-34(3)70-45)60(11)23-21-41-32-62(59-58-41)43(29-56)48(68-13)40-19-17-39(18-20-40)30-57-22-24-75-15/h17-20,32-38,42-51,57,63-64,66-67H,16,21-31H2,1-15H3/t33-,34-,35+,36-,37-,38+,42+,43-,44-,45+,46+,47+,48-,49-,50+,51-,53-,54-,55-/m1/s1. The average Bonchev–Trinajstić information content (AvgIpc) is 3.84.